The summed E-state index contributed by atoms with van der Waals surface area (Å²) in [6.07, 6.45) is 9.37. The molecule has 5 aromatic rings. The number of hydrogen-bond donors (Lipinski definition) is 2. The second-order valence-electron chi connectivity index (χ2n) is 18.7. The van der Waals surface area contributed by atoms with Gasteiger partial charge in [-0.25, -0.2) is 9.18 Å². The molecule has 6 unspecified atom stereocenters. The average molecular weight is 1030 g/mol. The number of thioether (sulfide) groups is 1. The highest BCUT2D eigenvalue weighted by Crippen LogP contribution is 2.62. The molecule has 1 amide bonds. The van der Waals surface area contributed by atoms with Gasteiger partial charge < -0.3 is 38.7 Å². The SMILES string of the molecule is C=CCOC12Oc3ccc(Oc4ccc(SC)cc4)cc3C3C(CCCCO)C(CCCCO)C=C(C(=NOCc4ccc([N+](=O)[O-])cc4)CC1N(Cc1ccc(F)cc1)C(=O)OCCOCc1ccccc1)C32. The Balaban J connectivity index is 1.28. The predicted molar refractivity (Wildman–Crippen MR) is 281 cm³/mol. The summed E-state index contributed by atoms with van der Waals surface area (Å²) in [4.78, 5) is 35.0. The van der Waals surface area contributed by atoms with Crippen LogP contribution in [0.15, 0.2) is 156 Å². The molecule has 0 saturated heterocycles. The first-order valence-electron chi connectivity index (χ1n) is 25.2. The van der Waals surface area contributed by atoms with Gasteiger partial charge >= 0.3 is 6.09 Å². The van der Waals surface area contributed by atoms with Crippen molar-refractivity contribution >= 4 is 29.3 Å². The number of halogens is 1. The summed E-state index contributed by atoms with van der Waals surface area (Å²) in [5.41, 5.74) is 4.39. The predicted octanol–water partition coefficient (Wildman–Crippen LogP) is 11.9. The maximum atomic E-state index is 15.1. The number of unbranched alkanes of at least 4 members (excludes halogenated alkanes) is 2. The Kier molecular flexibility index (Phi) is 18.9. The molecule has 0 bridgehead atoms. The third-order valence-corrected chi connectivity index (χ3v) is 14.7. The van der Waals surface area contributed by atoms with E-state index in [9.17, 15) is 24.7 Å². The van der Waals surface area contributed by atoms with E-state index >= 15 is 4.79 Å². The molecule has 390 valence electrons. The van der Waals surface area contributed by atoms with Crippen LogP contribution in [-0.4, -0.2) is 83.0 Å². The minimum atomic E-state index is -1.63. The molecule has 2 N–H and O–H groups in total. The number of aliphatic hydroxyl groups is 2. The van der Waals surface area contributed by atoms with Crippen molar-refractivity contribution in [3.8, 4) is 17.2 Å². The van der Waals surface area contributed by atoms with Crippen molar-refractivity contribution in [1.82, 2.24) is 4.90 Å². The molecule has 1 saturated carbocycles. The Labute approximate surface area is 435 Å². The lowest BCUT2D eigenvalue weighted by Gasteiger charge is -2.59. The van der Waals surface area contributed by atoms with E-state index in [1.54, 1.807) is 47.0 Å². The number of amides is 1. The van der Waals surface area contributed by atoms with Gasteiger partial charge in [0.05, 0.1) is 36.4 Å². The molecule has 0 spiro atoms. The molecule has 5 aromatic carbocycles. The molecular formula is C58H64FN3O11S. The largest absolute Gasteiger partial charge is 0.459 e. The second kappa shape index (κ2) is 26.1. The van der Waals surface area contributed by atoms with E-state index in [-0.39, 0.29) is 76.0 Å². The molecule has 14 nitrogen and oxygen atoms in total. The summed E-state index contributed by atoms with van der Waals surface area (Å²) < 4.78 is 47.7. The number of allylic oxidation sites excluding steroid dienone is 1. The highest BCUT2D eigenvalue weighted by molar-refractivity contribution is 7.98. The van der Waals surface area contributed by atoms with Crippen molar-refractivity contribution < 1.29 is 52.8 Å². The fourth-order valence-corrected chi connectivity index (χ4v) is 10.9. The number of nitro benzene ring substituents is 1. The quantitative estimate of drug-likeness (QED) is 0.0177. The molecule has 74 heavy (non-hydrogen) atoms. The Bertz CT molecular complexity index is 2710. The third kappa shape index (κ3) is 13.0. The van der Waals surface area contributed by atoms with Gasteiger partial charge in [-0.3, -0.25) is 15.0 Å². The van der Waals surface area contributed by atoms with E-state index < -0.39 is 34.6 Å². The number of carbonyl (C=O) groups is 1. The standard InChI is InChI=1S/C58H64FN3O11S/c1-3-31-70-58-54(61(37-40-15-19-44(59)20-16-40)57(65)69-33-32-68-38-41-11-5-4-6-12-41)36-52(60-71-39-42-17-21-45(22-18-42)62(66)67)50-34-43(13-7-9-29-63)49(14-8-10-30-64)55(56(50)58)51-35-47(25-28-53(51)73-58)72-46-23-26-48(74-2)27-24-46/h3-6,11-12,15-28,34-35,43,49,54-56,63-64H,1,7-10,13-14,29-33,36-39H2,2H3. The lowest BCUT2D eigenvalue weighted by Crippen LogP contribution is -2.70. The number of nitrogens with zero attached hydrogens (tertiary/aromatic N) is 3. The summed E-state index contributed by atoms with van der Waals surface area (Å²) >= 11 is 1.64. The number of nitro groups is 1. The van der Waals surface area contributed by atoms with Gasteiger partial charge in [-0.1, -0.05) is 72.6 Å². The van der Waals surface area contributed by atoms with Crippen LogP contribution in [0.5, 0.6) is 17.2 Å². The van der Waals surface area contributed by atoms with Crippen LogP contribution < -0.4 is 9.47 Å². The van der Waals surface area contributed by atoms with Crippen molar-refractivity contribution in [3.63, 3.8) is 0 Å². The Morgan fingerprint density at radius 2 is 1.59 bits per heavy atom. The van der Waals surface area contributed by atoms with Crippen LogP contribution in [0, 0.1) is 33.7 Å². The molecule has 16 heteroatoms. The molecule has 6 atom stereocenters. The molecule has 1 heterocycles. The van der Waals surface area contributed by atoms with Crippen molar-refractivity contribution in [2.24, 2.45) is 22.9 Å². The van der Waals surface area contributed by atoms with Gasteiger partial charge in [0.1, 0.15) is 42.3 Å². The van der Waals surface area contributed by atoms with E-state index in [1.807, 2.05) is 79.1 Å². The van der Waals surface area contributed by atoms with E-state index in [4.69, 9.17) is 33.7 Å². The normalized spacial score (nSPS) is 21.1. The van der Waals surface area contributed by atoms with Gasteiger partial charge in [-0.15, -0.1) is 18.3 Å². The second-order valence-corrected chi connectivity index (χ2v) is 19.5. The number of aliphatic hydroxyl groups excluding tert-OH is 2. The van der Waals surface area contributed by atoms with Gasteiger partial charge in [0, 0.05) is 54.7 Å². The van der Waals surface area contributed by atoms with Gasteiger partial charge in [-0.05, 0) is 133 Å². The van der Waals surface area contributed by atoms with Crippen LogP contribution in [-0.2, 0) is 38.8 Å². The number of fused-ring (bicyclic) bond motifs is 2. The number of rotatable bonds is 26. The summed E-state index contributed by atoms with van der Waals surface area (Å²) in [7, 11) is 0. The fraction of sp³-hybridized carbons (Fsp3) is 0.379. The molecule has 0 radical (unpaired) electrons. The van der Waals surface area contributed by atoms with E-state index in [0.717, 1.165) is 40.9 Å². The number of benzene rings is 5. The Morgan fingerprint density at radius 3 is 2.30 bits per heavy atom. The van der Waals surface area contributed by atoms with Crippen molar-refractivity contribution in [1.29, 1.82) is 0 Å². The Hall–Kier alpha value is -6.56. The summed E-state index contributed by atoms with van der Waals surface area (Å²) in [6.45, 7) is 4.44. The molecule has 8 rings (SSSR count). The lowest BCUT2D eigenvalue weighted by atomic mass is 9.55. The minimum absolute atomic E-state index is 0.0162. The summed E-state index contributed by atoms with van der Waals surface area (Å²) in [5, 5.41) is 36.5. The maximum absolute atomic E-state index is 15.1. The third-order valence-electron chi connectivity index (χ3n) is 13.9. The topological polar surface area (TPSA) is 172 Å². The maximum Gasteiger partial charge on any atom is 0.410 e. The number of carbonyl (C=O) groups excluding carboxylic acids is 1. The van der Waals surface area contributed by atoms with E-state index in [0.29, 0.717) is 60.0 Å². The van der Waals surface area contributed by atoms with E-state index in [2.05, 4.69) is 12.7 Å². The van der Waals surface area contributed by atoms with Gasteiger partial charge in [-0.2, -0.15) is 0 Å². The summed E-state index contributed by atoms with van der Waals surface area (Å²) in [6, 6.07) is 34.4. The van der Waals surface area contributed by atoms with Crippen LogP contribution in [0.3, 0.4) is 0 Å². The first-order valence-corrected chi connectivity index (χ1v) is 26.4. The lowest BCUT2D eigenvalue weighted by molar-refractivity contribution is -0.384. The molecule has 1 aliphatic heterocycles. The summed E-state index contributed by atoms with van der Waals surface area (Å²) in [5.74, 6) is -1.41. The number of ether oxygens (including phenoxy) is 5. The van der Waals surface area contributed by atoms with Crippen molar-refractivity contribution in [2.75, 3.05) is 39.3 Å². The zero-order valence-electron chi connectivity index (χ0n) is 41.6. The molecule has 0 aromatic heterocycles. The van der Waals surface area contributed by atoms with Gasteiger partial charge in [0.2, 0.25) is 5.79 Å². The Morgan fingerprint density at radius 1 is 0.892 bits per heavy atom. The van der Waals surface area contributed by atoms with Crippen LogP contribution in [0.25, 0.3) is 0 Å². The van der Waals surface area contributed by atoms with Crippen molar-refractivity contribution in [2.45, 2.75) is 87.3 Å². The van der Waals surface area contributed by atoms with Crippen LogP contribution in [0.4, 0.5) is 14.9 Å². The van der Waals surface area contributed by atoms with Crippen LogP contribution in [0.1, 0.15) is 73.1 Å². The van der Waals surface area contributed by atoms with Gasteiger partial charge in [0.15, 0.2) is 0 Å². The monoisotopic (exact) mass is 1030 g/mol. The van der Waals surface area contributed by atoms with Crippen LogP contribution in [0.2, 0.25) is 0 Å². The number of non-ortho nitro benzene ring substituents is 1. The van der Waals surface area contributed by atoms with Crippen LogP contribution >= 0.6 is 11.8 Å². The average Bonchev–Trinajstić information content (AvgIpc) is 3.42. The molecule has 2 aliphatic carbocycles. The first-order chi connectivity index (χ1) is 36.1. The number of oxime groups is 1. The smallest absolute Gasteiger partial charge is 0.410 e. The zero-order valence-corrected chi connectivity index (χ0v) is 42.4. The fourth-order valence-electron chi connectivity index (χ4n) is 10.5. The highest BCUT2D eigenvalue weighted by atomic mass is 32.2. The van der Waals surface area contributed by atoms with E-state index in [1.165, 1.54) is 24.3 Å². The number of hydrogen-bond acceptors (Lipinski definition) is 13. The minimum Gasteiger partial charge on any atom is -0.459 e. The highest BCUT2D eigenvalue weighted by Gasteiger charge is 2.65. The molecule has 1 fully saturated rings. The first kappa shape index (κ1) is 53.7. The molecular weight excluding hydrogens is 966 g/mol. The van der Waals surface area contributed by atoms with Crippen molar-refractivity contribution in [3.05, 3.63) is 184 Å². The zero-order chi connectivity index (χ0) is 51.9. The molecule has 3 aliphatic rings. The van der Waals surface area contributed by atoms with Gasteiger partial charge in [0.25, 0.3) is 5.69 Å².